The molecule has 2 N–H and O–H groups in total. The normalized spacial score (nSPS) is 13.8. The van der Waals surface area contributed by atoms with Crippen LogP contribution in [0.25, 0.3) is 0 Å². The highest BCUT2D eigenvalue weighted by molar-refractivity contribution is 5.74. The summed E-state index contributed by atoms with van der Waals surface area (Å²) in [7, 11) is 0. The van der Waals surface area contributed by atoms with Gasteiger partial charge in [0.1, 0.15) is 23.0 Å². The maximum absolute atomic E-state index is 11.9. The van der Waals surface area contributed by atoms with Crippen molar-refractivity contribution in [3.8, 4) is 0 Å². The number of aryl methyl sites for hydroxylation is 2. The molecule has 2 aromatic heterocycles. The molecule has 20 heavy (non-hydrogen) atoms. The zero-order valence-corrected chi connectivity index (χ0v) is 12.2. The first-order valence-corrected chi connectivity index (χ1v) is 6.65. The lowest BCUT2D eigenvalue weighted by Gasteiger charge is -2.15. The molecule has 0 saturated carbocycles. The summed E-state index contributed by atoms with van der Waals surface area (Å²) in [6.07, 6.45) is 0. The Bertz CT molecular complexity index is 535. The Morgan fingerprint density at radius 1 is 0.900 bits per heavy atom. The van der Waals surface area contributed by atoms with Gasteiger partial charge in [-0.25, -0.2) is 4.79 Å². The van der Waals surface area contributed by atoms with E-state index in [1.165, 1.54) is 0 Å². The fraction of sp³-hybridized carbons (Fsp3) is 0.400. The summed E-state index contributed by atoms with van der Waals surface area (Å²) in [5.74, 6) is 3.13. The van der Waals surface area contributed by atoms with E-state index in [2.05, 4.69) is 10.6 Å². The van der Waals surface area contributed by atoms with Gasteiger partial charge in [0.05, 0.1) is 12.1 Å². The number of urea groups is 1. The third-order valence-electron chi connectivity index (χ3n) is 3.07. The van der Waals surface area contributed by atoms with Gasteiger partial charge in [0, 0.05) is 0 Å². The minimum absolute atomic E-state index is 0.186. The van der Waals surface area contributed by atoms with E-state index >= 15 is 0 Å². The fourth-order valence-electron chi connectivity index (χ4n) is 1.95. The molecular weight excluding hydrogens is 256 g/mol. The van der Waals surface area contributed by atoms with E-state index in [1.807, 2.05) is 52.0 Å². The summed E-state index contributed by atoms with van der Waals surface area (Å²) >= 11 is 0. The molecule has 0 aliphatic heterocycles. The Labute approximate surface area is 118 Å². The van der Waals surface area contributed by atoms with Gasteiger partial charge in [0.2, 0.25) is 0 Å². The second-order valence-electron chi connectivity index (χ2n) is 4.96. The first-order valence-electron chi connectivity index (χ1n) is 6.65. The number of carbonyl (C=O) groups is 1. The second-order valence-corrected chi connectivity index (χ2v) is 4.96. The summed E-state index contributed by atoms with van der Waals surface area (Å²) in [6.45, 7) is 7.49. The number of furan rings is 2. The number of amides is 2. The Morgan fingerprint density at radius 3 is 1.60 bits per heavy atom. The summed E-state index contributed by atoms with van der Waals surface area (Å²) in [6, 6.07) is 6.84. The van der Waals surface area contributed by atoms with Gasteiger partial charge < -0.3 is 19.5 Å². The van der Waals surface area contributed by atoms with E-state index in [9.17, 15) is 4.79 Å². The Morgan fingerprint density at radius 2 is 1.30 bits per heavy atom. The van der Waals surface area contributed by atoms with E-state index in [0.717, 1.165) is 23.0 Å². The number of rotatable bonds is 4. The topological polar surface area (TPSA) is 67.4 Å². The molecule has 2 atom stereocenters. The second kappa shape index (κ2) is 5.86. The molecule has 2 aromatic rings. The van der Waals surface area contributed by atoms with Gasteiger partial charge in [-0.3, -0.25) is 0 Å². The van der Waals surface area contributed by atoms with E-state index in [-0.39, 0.29) is 18.1 Å². The van der Waals surface area contributed by atoms with Crippen molar-refractivity contribution < 1.29 is 13.6 Å². The molecule has 108 valence electrons. The van der Waals surface area contributed by atoms with Gasteiger partial charge >= 0.3 is 6.03 Å². The van der Waals surface area contributed by atoms with Crippen LogP contribution < -0.4 is 10.6 Å². The highest BCUT2D eigenvalue weighted by Gasteiger charge is 2.16. The minimum Gasteiger partial charge on any atom is -0.464 e. The van der Waals surface area contributed by atoms with Crippen LogP contribution in [0.4, 0.5) is 4.79 Å². The van der Waals surface area contributed by atoms with Crippen LogP contribution in [0.2, 0.25) is 0 Å². The SMILES string of the molecule is Cc1ccc([C@H](C)NC(=O)N[C@@H](C)c2ccc(C)o2)o1. The average molecular weight is 276 g/mol. The number of carbonyl (C=O) groups excluding carboxylic acids is 1. The fourth-order valence-corrected chi connectivity index (χ4v) is 1.95. The molecule has 0 fully saturated rings. The molecule has 0 unspecified atom stereocenters. The summed E-state index contributed by atoms with van der Waals surface area (Å²) in [5.41, 5.74) is 0. The first-order chi connectivity index (χ1) is 9.45. The van der Waals surface area contributed by atoms with Crippen molar-refractivity contribution in [2.45, 2.75) is 39.8 Å². The summed E-state index contributed by atoms with van der Waals surface area (Å²) in [5, 5.41) is 5.66. The monoisotopic (exact) mass is 276 g/mol. The van der Waals surface area contributed by atoms with Crippen molar-refractivity contribution in [3.63, 3.8) is 0 Å². The van der Waals surface area contributed by atoms with Crippen LogP contribution in [0.15, 0.2) is 33.1 Å². The molecule has 0 aliphatic carbocycles. The molecule has 2 heterocycles. The van der Waals surface area contributed by atoms with Crippen LogP contribution in [0.3, 0.4) is 0 Å². The maximum Gasteiger partial charge on any atom is 0.315 e. The lowest BCUT2D eigenvalue weighted by atomic mass is 10.2. The molecule has 0 saturated heterocycles. The number of nitrogens with one attached hydrogen (secondary N) is 2. The Balaban J connectivity index is 1.89. The minimum atomic E-state index is -0.256. The smallest absolute Gasteiger partial charge is 0.315 e. The molecule has 0 aromatic carbocycles. The maximum atomic E-state index is 11.9. The van der Waals surface area contributed by atoms with Gasteiger partial charge in [-0.05, 0) is 52.0 Å². The van der Waals surface area contributed by atoms with Crippen molar-refractivity contribution >= 4 is 6.03 Å². The van der Waals surface area contributed by atoms with Crippen molar-refractivity contribution in [1.29, 1.82) is 0 Å². The quantitative estimate of drug-likeness (QED) is 0.896. The Hall–Kier alpha value is -2.17. The molecule has 2 amide bonds. The highest BCUT2D eigenvalue weighted by atomic mass is 16.3. The van der Waals surface area contributed by atoms with Crippen molar-refractivity contribution in [1.82, 2.24) is 10.6 Å². The highest BCUT2D eigenvalue weighted by Crippen LogP contribution is 2.17. The molecule has 5 heteroatoms. The first kappa shape index (κ1) is 14.2. The predicted molar refractivity (Wildman–Crippen MR) is 75.4 cm³/mol. The van der Waals surface area contributed by atoms with Crippen LogP contribution in [0.1, 0.15) is 49.0 Å². The summed E-state index contributed by atoms with van der Waals surface area (Å²) in [4.78, 5) is 11.9. The van der Waals surface area contributed by atoms with E-state index < -0.39 is 0 Å². The van der Waals surface area contributed by atoms with Gasteiger partial charge in [0.15, 0.2) is 0 Å². The van der Waals surface area contributed by atoms with Crippen molar-refractivity contribution in [2.24, 2.45) is 0 Å². The largest absolute Gasteiger partial charge is 0.464 e. The standard InChI is InChI=1S/C15H20N2O3/c1-9-5-7-13(19-9)11(3)16-15(18)17-12(4)14-8-6-10(2)20-14/h5-8,11-12H,1-4H3,(H2,16,17,18)/t11-,12-/m0/s1. The van der Waals surface area contributed by atoms with Gasteiger partial charge in [-0.2, -0.15) is 0 Å². The van der Waals surface area contributed by atoms with Crippen molar-refractivity contribution in [2.75, 3.05) is 0 Å². The number of hydrogen-bond acceptors (Lipinski definition) is 3. The van der Waals surface area contributed by atoms with E-state index in [0.29, 0.717) is 0 Å². The van der Waals surface area contributed by atoms with E-state index in [1.54, 1.807) is 0 Å². The third kappa shape index (κ3) is 3.44. The van der Waals surface area contributed by atoms with E-state index in [4.69, 9.17) is 8.83 Å². The van der Waals surface area contributed by atoms with Gasteiger partial charge in [-0.1, -0.05) is 0 Å². The molecular formula is C15H20N2O3. The molecule has 5 nitrogen and oxygen atoms in total. The lowest BCUT2D eigenvalue weighted by molar-refractivity contribution is 0.231. The van der Waals surface area contributed by atoms with Gasteiger partial charge in [-0.15, -0.1) is 0 Å². The van der Waals surface area contributed by atoms with Crippen LogP contribution in [-0.4, -0.2) is 6.03 Å². The van der Waals surface area contributed by atoms with Crippen LogP contribution in [0.5, 0.6) is 0 Å². The van der Waals surface area contributed by atoms with Crippen LogP contribution in [-0.2, 0) is 0 Å². The predicted octanol–water partition coefficient (Wildman–Crippen LogP) is 3.61. The molecule has 0 bridgehead atoms. The summed E-state index contributed by atoms with van der Waals surface area (Å²) < 4.78 is 11.0. The number of hydrogen-bond donors (Lipinski definition) is 2. The molecule has 0 spiro atoms. The lowest BCUT2D eigenvalue weighted by Crippen LogP contribution is -2.38. The van der Waals surface area contributed by atoms with Crippen LogP contribution >= 0.6 is 0 Å². The molecule has 2 rings (SSSR count). The average Bonchev–Trinajstić information content (AvgIpc) is 2.97. The van der Waals surface area contributed by atoms with Gasteiger partial charge in [0.25, 0.3) is 0 Å². The zero-order chi connectivity index (χ0) is 14.7. The Kier molecular flexibility index (Phi) is 4.17. The van der Waals surface area contributed by atoms with Crippen LogP contribution in [0, 0.1) is 13.8 Å². The third-order valence-corrected chi connectivity index (χ3v) is 3.07. The molecule has 0 radical (unpaired) electrons. The van der Waals surface area contributed by atoms with Crippen molar-refractivity contribution in [3.05, 3.63) is 47.3 Å². The molecule has 0 aliphatic rings. The zero-order valence-electron chi connectivity index (χ0n) is 12.2.